The van der Waals surface area contributed by atoms with Crippen LogP contribution in [0.4, 0.5) is 0 Å². The predicted molar refractivity (Wildman–Crippen MR) is 214 cm³/mol. The Morgan fingerprint density at radius 2 is 1.05 bits per heavy atom. The lowest BCUT2D eigenvalue weighted by Crippen LogP contribution is -2.62. The van der Waals surface area contributed by atoms with Crippen LogP contribution in [0.25, 0.3) is 0 Å². The molecule has 332 valence electrons. The largest absolute Gasteiger partial charge is 0.354 e. The second-order valence-corrected chi connectivity index (χ2v) is 15.1. The Bertz CT molecular complexity index is 1830. The molecule has 2 heterocycles. The van der Waals surface area contributed by atoms with Crippen molar-refractivity contribution in [1.29, 1.82) is 0 Å². The van der Waals surface area contributed by atoms with Crippen molar-refractivity contribution in [3.8, 4) is 0 Å². The quantitative estimate of drug-likeness (QED) is 0.138. The van der Waals surface area contributed by atoms with Gasteiger partial charge in [-0.2, -0.15) is 0 Å². The molecule has 1 saturated carbocycles. The zero-order chi connectivity index (χ0) is 44.4. The maximum atomic E-state index is 14.2. The van der Waals surface area contributed by atoms with Crippen LogP contribution in [0.5, 0.6) is 0 Å². The zero-order valence-electron chi connectivity index (χ0n) is 34.1. The molecule has 0 aromatic heterocycles. The molecule has 1 aromatic carbocycles. The Morgan fingerprint density at radius 3 is 1.59 bits per heavy atom. The molecule has 2 atom stereocenters. The summed E-state index contributed by atoms with van der Waals surface area (Å²) in [6.45, 7) is -1.60. The van der Waals surface area contributed by atoms with Crippen LogP contribution in [0.15, 0.2) is 24.3 Å². The number of aryl methyl sites for hydroxylation is 2. The van der Waals surface area contributed by atoms with E-state index >= 15 is 0 Å². The van der Waals surface area contributed by atoms with E-state index in [1.54, 1.807) is 0 Å². The third kappa shape index (κ3) is 15.5. The molecular formula is C39H55N11O11. The highest BCUT2D eigenvalue weighted by Crippen LogP contribution is 2.31. The van der Waals surface area contributed by atoms with Crippen LogP contribution < -0.4 is 53.2 Å². The standard InChI is InChI=1S/C39H55N11O11/c1-24-6-8-25(9-7-24)10-11-26-37(60)50-16-4-5-27(50)36(59)49-39(13-2-3-14-39)38(61)47-22-29(52)40-15-12-28(51)41-17-30(53)42-18-31(54)43-19-32(55)44-20-33(56)45-21-34(57)46-23-35(58)48-26/h6-9,26-27H,2-5,10-23H2,1H3,(H,40,52)(H,41,51)(H,42,53)(H,43,54)(H,44,55)(H,45,56)(H,46,57)(H,47,61)(H,48,58)(H,49,59). The molecular weight excluding hydrogens is 798 g/mol. The van der Waals surface area contributed by atoms with Crippen molar-refractivity contribution >= 4 is 65.0 Å². The molecule has 0 bridgehead atoms. The molecule has 3 aliphatic rings. The van der Waals surface area contributed by atoms with Crippen molar-refractivity contribution in [3.05, 3.63) is 35.4 Å². The molecule has 10 N–H and O–H groups in total. The first-order valence-corrected chi connectivity index (χ1v) is 20.3. The van der Waals surface area contributed by atoms with Crippen LogP contribution in [-0.2, 0) is 59.2 Å². The highest BCUT2D eigenvalue weighted by molar-refractivity contribution is 5.98. The van der Waals surface area contributed by atoms with E-state index in [4.69, 9.17) is 0 Å². The van der Waals surface area contributed by atoms with Gasteiger partial charge in [-0.3, -0.25) is 52.7 Å². The average Bonchev–Trinajstić information content (AvgIpc) is 3.94. The first-order chi connectivity index (χ1) is 29.1. The number of hydrogen-bond donors (Lipinski definition) is 10. The molecule has 22 nitrogen and oxygen atoms in total. The molecule has 2 unspecified atom stereocenters. The highest BCUT2D eigenvalue weighted by Gasteiger charge is 2.46. The number of nitrogens with one attached hydrogen (secondary N) is 10. The second-order valence-electron chi connectivity index (χ2n) is 15.1. The van der Waals surface area contributed by atoms with E-state index in [1.807, 2.05) is 31.2 Å². The first kappa shape index (κ1) is 47.1. The molecule has 2 aliphatic heterocycles. The minimum Gasteiger partial charge on any atom is -0.354 e. The molecule has 22 heteroatoms. The van der Waals surface area contributed by atoms with Crippen LogP contribution in [0.3, 0.4) is 0 Å². The summed E-state index contributed by atoms with van der Waals surface area (Å²) < 4.78 is 0. The molecule has 2 saturated heterocycles. The Kier molecular flexibility index (Phi) is 17.9. The summed E-state index contributed by atoms with van der Waals surface area (Å²) in [7, 11) is 0. The zero-order valence-corrected chi connectivity index (χ0v) is 34.1. The molecule has 3 fully saturated rings. The highest BCUT2D eigenvalue weighted by atomic mass is 16.2. The Balaban J connectivity index is 1.45. The number of carbonyl (C=O) groups is 11. The van der Waals surface area contributed by atoms with E-state index in [1.165, 1.54) is 4.90 Å². The summed E-state index contributed by atoms with van der Waals surface area (Å²) in [5, 5.41) is 24.4. The number of benzene rings is 1. The maximum absolute atomic E-state index is 14.2. The summed E-state index contributed by atoms with van der Waals surface area (Å²) in [6.07, 6.45) is 2.98. The van der Waals surface area contributed by atoms with Gasteiger partial charge < -0.3 is 58.1 Å². The lowest BCUT2D eigenvalue weighted by Gasteiger charge is -2.33. The number of hydrogen-bond acceptors (Lipinski definition) is 11. The van der Waals surface area contributed by atoms with Gasteiger partial charge in [-0.15, -0.1) is 0 Å². The third-order valence-electron chi connectivity index (χ3n) is 10.3. The average molecular weight is 854 g/mol. The minimum atomic E-state index is -1.34. The van der Waals surface area contributed by atoms with Crippen molar-refractivity contribution in [2.75, 3.05) is 58.9 Å². The Morgan fingerprint density at radius 1 is 0.574 bits per heavy atom. The van der Waals surface area contributed by atoms with E-state index in [0.29, 0.717) is 44.9 Å². The molecule has 61 heavy (non-hydrogen) atoms. The van der Waals surface area contributed by atoms with Gasteiger partial charge in [-0.05, 0) is 51.0 Å². The van der Waals surface area contributed by atoms with Gasteiger partial charge in [-0.1, -0.05) is 42.7 Å². The topological polar surface area (TPSA) is 311 Å². The monoisotopic (exact) mass is 853 g/mol. The Labute approximate surface area is 351 Å². The van der Waals surface area contributed by atoms with Gasteiger partial charge in [0, 0.05) is 19.5 Å². The lowest BCUT2D eigenvalue weighted by atomic mass is 9.95. The van der Waals surface area contributed by atoms with Crippen LogP contribution in [-0.4, -0.2) is 146 Å². The van der Waals surface area contributed by atoms with Crippen LogP contribution in [0.2, 0.25) is 0 Å². The van der Waals surface area contributed by atoms with E-state index in [0.717, 1.165) is 11.1 Å². The normalized spacial score (nSPS) is 23.0. The van der Waals surface area contributed by atoms with Gasteiger partial charge in [0.1, 0.15) is 17.6 Å². The third-order valence-corrected chi connectivity index (χ3v) is 10.3. The van der Waals surface area contributed by atoms with Crippen molar-refractivity contribution in [1.82, 2.24) is 58.1 Å². The summed E-state index contributed by atoms with van der Waals surface area (Å²) in [5.41, 5.74) is 0.606. The fourth-order valence-corrected chi connectivity index (χ4v) is 6.96. The lowest BCUT2D eigenvalue weighted by molar-refractivity contribution is -0.143. The van der Waals surface area contributed by atoms with E-state index < -0.39 is 128 Å². The van der Waals surface area contributed by atoms with Crippen molar-refractivity contribution in [2.24, 2.45) is 0 Å². The fraction of sp³-hybridized carbons (Fsp3) is 0.564. The van der Waals surface area contributed by atoms with E-state index in [-0.39, 0.29) is 25.9 Å². The van der Waals surface area contributed by atoms with Gasteiger partial charge >= 0.3 is 0 Å². The van der Waals surface area contributed by atoms with Gasteiger partial charge in [0.15, 0.2) is 0 Å². The smallest absolute Gasteiger partial charge is 0.246 e. The van der Waals surface area contributed by atoms with Crippen LogP contribution >= 0.6 is 0 Å². The molecule has 11 amide bonds. The molecule has 1 aromatic rings. The maximum Gasteiger partial charge on any atom is 0.246 e. The SMILES string of the molecule is Cc1ccc(CCC2NC(=O)CNC(=O)CNC(=O)CNC(=O)CNC(=O)CNC(=O)CNC(=O)CCNC(=O)CNC(=O)C3(CCCC3)NC(=O)C3CCCN3C2=O)cc1. The van der Waals surface area contributed by atoms with Crippen LogP contribution in [0, 0.1) is 6.92 Å². The van der Waals surface area contributed by atoms with Gasteiger partial charge in [0.2, 0.25) is 65.0 Å². The number of fused-ring (bicyclic) bond motifs is 1. The summed E-state index contributed by atoms with van der Waals surface area (Å²) in [5.74, 6) is -7.25. The number of rotatable bonds is 3. The summed E-state index contributed by atoms with van der Waals surface area (Å²) in [4.78, 5) is 142. The van der Waals surface area contributed by atoms with Crippen LogP contribution in [0.1, 0.15) is 62.5 Å². The molecule has 1 spiro atoms. The van der Waals surface area contributed by atoms with E-state index in [2.05, 4.69) is 53.2 Å². The molecule has 0 radical (unpaired) electrons. The van der Waals surface area contributed by atoms with E-state index in [9.17, 15) is 52.7 Å². The van der Waals surface area contributed by atoms with Gasteiger partial charge in [-0.25, -0.2) is 0 Å². The first-order valence-electron chi connectivity index (χ1n) is 20.3. The predicted octanol–water partition coefficient (Wildman–Crippen LogP) is -4.83. The number of carbonyl (C=O) groups excluding carboxylic acids is 11. The van der Waals surface area contributed by atoms with Crippen molar-refractivity contribution in [3.63, 3.8) is 0 Å². The Hall–Kier alpha value is -6.61. The molecule has 4 rings (SSSR count). The minimum absolute atomic E-state index is 0.122. The number of amides is 11. The second kappa shape index (κ2) is 23.3. The fourth-order valence-electron chi connectivity index (χ4n) is 6.96. The van der Waals surface area contributed by atoms with Gasteiger partial charge in [0.25, 0.3) is 0 Å². The summed E-state index contributed by atoms with van der Waals surface area (Å²) in [6, 6.07) is 5.60. The number of nitrogens with zero attached hydrogens (tertiary/aromatic N) is 1. The van der Waals surface area contributed by atoms with Gasteiger partial charge in [0.05, 0.1) is 45.8 Å². The summed E-state index contributed by atoms with van der Waals surface area (Å²) >= 11 is 0. The van der Waals surface area contributed by atoms with Crippen molar-refractivity contribution in [2.45, 2.75) is 82.3 Å². The van der Waals surface area contributed by atoms with Crippen molar-refractivity contribution < 1.29 is 52.7 Å². The molecule has 1 aliphatic carbocycles.